The van der Waals surface area contributed by atoms with Crippen LogP contribution in [-0.4, -0.2) is 48.9 Å². The molecule has 0 spiro atoms. The number of nitrogens with zero attached hydrogens (tertiary/aromatic N) is 1. The highest BCUT2D eigenvalue weighted by molar-refractivity contribution is 7.89. The van der Waals surface area contributed by atoms with Crippen LogP contribution in [0, 0.1) is 0 Å². The van der Waals surface area contributed by atoms with Gasteiger partial charge < -0.3 is 15.3 Å². The molecule has 1 aliphatic rings. The Balaban J connectivity index is 1.58. The topological polar surface area (TPSA) is 98.1 Å². The molecule has 0 aliphatic carbocycles. The minimum atomic E-state index is -3.54. The summed E-state index contributed by atoms with van der Waals surface area (Å²) in [6.45, 7) is 2.23. The molecule has 1 fully saturated rings. The van der Waals surface area contributed by atoms with Gasteiger partial charge in [0.1, 0.15) is 0 Å². The molecule has 8 heteroatoms. The summed E-state index contributed by atoms with van der Waals surface area (Å²) >= 11 is 0. The molecule has 4 aromatic rings. The smallest absolute Gasteiger partial charge is 0.257 e. The van der Waals surface area contributed by atoms with Crippen molar-refractivity contribution in [2.24, 2.45) is 0 Å². The number of para-hydroxylation sites is 1. The first kappa shape index (κ1) is 18.1. The molecule has 0 radical (unpaired) electrons. The highest BCUT2D eigenvalue weighted by Crippen LogP contribution is 2.27. The van der Waals surface area contributed by atoms with Gasteiger partial charge in [0.25, 0.3) is 5.56 Å². The predicted molar refractivity (Wildman–Crippen MR) is 113 cm³/mol. The lowest BCUT2D eigenvalue weighted by molar-refractivity contribution is 0.360. The highest BCUT2D eigenvalue weighted by Gasteiger charge is 2.26. The molecule has 0 saturated carbocycles. The van der Waals surface area contributed by atoms with E-state index in [0.717, 1.165) is 16.3 Å². The molecule has 3 N–H and O–H groups in total. The third-order valence-corrected chi connectivity index (χ3v) is 7.25. The Morgan fingerprint density at radius 2 is 1.59 bits per heavy atom. The normalized spacial score (nSPS) is 15.9. The van der Waals surface area contributed by atoms with Crippen LogP contribution in [0.1, 0.15) is 0 Å². The molecule has 1 saturated heterocycles. The largest absolute Gasteiger partial charge is 0.354 e. The van der Waals surface area contributed by atoms with E-state index in [-0.39, 0.29) is 10.5 Å². The lowest BCUT2D eigenvalue weighted by Gasteiger charge is -2.26. The lowest BCUT2D eigenvalue weighted by Crippen LogP contribution is -2.46. The number of rotatable bonds is 3. The van der Waals surface area contributed by atoms with Gasteiger partial charge in [0, 0.05) is 42.6 Å². The number of sulfonamides is 1. The van der Waals surface area contributed by atoms with E-state index in [2.05, 4.69) is 15.3 Å². The number of piperazine rings is 1. The Morgan fingerprint density at radius 3 is 2.41 bits per heavy atom. The van der Waals surface area contributed by atoms with Crippen LogP contribution in [0.4, 0.5) is 0 Å². The van der Waals surface area contributed by atoms with Crippen LogP contribution >= 0.6 is 0 Å². The zero-order valence-corrected chi connectivity index (χ0v) is 16.4. The van der Waals surface area contributed by atoms with Crippen molar-refractivity contribution in [2.75, 3.05) is 26.2 Å². The zero-order chi connectivity index (χ0) is 20.0. The van der Waals surface area contributed by atoms with Crippen LogP contribution in [0.3, 0.4) is 0 Å². The van der Waals surface area contributed by atoms with Gasteiger partial charge in [0.05, 0.1) is 16.2 Å². The van der Waals surface area contributed by atoms with E-state index in [1.54, 1.807) is 18.2 Å². The average molecular weight is 408 g/mol. The van der Waals surface area contributed by atoms with Gasteiger partial charge in [-0.2, -0.15) is 4.31 Å². The fourth-order valence-corrected chi connectivity index (χ4v) is 5.26. The molecular formula is C21H20N4O3S. The van der Waals surface area contributed by atoms with Crippen LogP contribution in [0.15, 0.2) is 64.3 Å². The summed E-state index contributed by atoms with van der Waals surface area (Å²) < 4.78 is 27.4. The molecule has 0 bridgehead atoms. The monoisotopic (exact) mass is 408 g/mol. The predicted octanol–water partition coefficient (Wildman–Crippen LogP) is 2.27. The second-order valence-corrected chi connectivity index (χ2v) is 9.12. The fraction of sp³-hybridized carbons (Fsp3) is 0.190. The summed E-state index contributed by atoms with van der Waals surface area (Å²) in [5.74, 6) is 0. The Bertz CT molecular complexity index is 1380. The third kappa shape index (κ3) is 3.15. The molecule has 2 aromatic carbocycles. The molecule has 0 atom stereocenters. The summed E-state index contributed by atoms with van der Waals surface area (Å²) in [5.41, 5.74) is 2.45. The van der Waals surface area contributed by atoms with Crippen molar-refractivity contribution >= 4 is 31.8 Å². The number of hydrogen-bond acceptors (Lipinski definition) is 4. The van der Waals surface area contributed by atoms with Crippen molar-refractivity contribution in [1.29, 1.82) is 0 Å². The van der Waals surface area contributed by atoms with Gasteiger partial charge in [0.15, 0.2) is 0 Å². The van der Waals surface area contributed by atoms with Crippen molar-refractivity contribution in [2.45, 2.75) is 4.90 Å². The third-order valence-electron chi connectivity index (χ3n) is 5.35. The Hall–Kier alpha value is -2.94. The van der Waals surface area contributed by atoms with E-state index < -0.39 is 10.0 Å². The lowest BCUT2D eigenvalue weighted by atomic mass is 10.1. The molecule has 2 aromatic heterocycles. The fourth-order valence-electron chi connectivity index (χ4n) is 3.79. The second-order valence-electron chi connectivity index (χ2n) is 7.19. The number of benzene rings is 2. The van der Waals surface area contributed by atoms with Crippen molar-refractivity contribution in [1.82, 2.24) is 19.6 Å². The van der Waals surface area contributed by atoms with Gasteiger partial charge >= 0.3 is 0 Å². The standard InChI is InChI=1S/C21H20N4O3S/c26-21-17(11-14-3-1-2-4-18(14)24-21)20-12-15-5-6-16(13-19(15)23-20)29(27,28)25-9-7-22-8-10-25/h1-6,11-13,22-23H,7-10H2,(H,24,26). The summed E-state index contributed by atoms with van der Waals surface area (Å²) in [5, 5.41) is 4.95. The van der Waals surface area contributed by atoms with Crippen LogP contribution in [0.2, 0.25) is 0 Å². The highest BCUT2D eigenvalue weighted by atomic mass is 32.2. The van der Waals surface area contributed by atoms with E-state index in [9.17, 15) is 13.2 Å². The number of aromatic amines is 2. The minimum Gasteiger partial charge on any atom is -0.354 e. The van der Waals surface area contributed by atoms with Gasteiger partial charge in [-0.05, 0) is 35.7 Å². The van der Waals surface area contributed by atoms with Crippen molar-refractivity contribution < 1.29 is 8.42 Å². The zero-order valence-electron chi connectivity index (χ0n) is 15.6. The second kappa shape index (κ2) is 6.84. The molecule has 0 amide bonds. The van der Waals surface area contributed by atoms with E-state index in [4.69, 9.17) is 0 Å². The minimum absolute atomic E-state index is 0.191. The van der Waals surface area contributed by atoms with Crippen LogP contribution < -0.4 is 10.9 Å². The number of nitrogens with one attached hydrogen (secondary N) is 3. The maximum atomic E-state index is 12.9. The van der Waals surface area contributed by atoms with Crippen molar-refractivity contribution in [3.8, 4) is 11.3 Å². The van der Waals surface area contributed by atoms with Gasteiger partial charge in [0.2, 0.25) is 10.0 Å². The SMILES string of the molecule is O=c1[nH]c2ccccc2cc1-c1cc2ccc(S(=O)(=O)N3CCNCC3)cc2[nH]1. The quantitative estimate of drug-likeness (QED) is 0.484. The maximum Gasteiger partial charge on any atom is 0.257 e. The summed E-state index contributed by atoms with van der Waals surface area (Å²) in [6, 6.07) is 16.4. The molecule has 29 heavy (non-hydrogen) atoms. The molecule has 5 rings (SSSR count). The number of H-pyrrole nitrogens is 2. The molecule has 7 nitrogen and oxygen atoms in total. The van der Waals surface area contributed by atoms with Crippen LogP contribution in [0.25, 0.3) is 33.1 Å². The Labute approximate surface area is 167 Å². The molecule has 1 aliphatic heterocycles. The number of fused-ring (bicyclic) bond motifs is 2. The van der Waals surface area contributed by atoms with E-state index in [1.807, 2.05) is 36.4 Å². The van der Waals surface area contributed by atoms with Crippen molar-refractivity contribution in [3.63, 3.8) is 0 Å². The number of aromatic nitrogens is 2. The molecule has 3 heterocycles. The molecular weight excluding hydrogens is 388 g/mol. The van der Waals surface area contributed by atoms with Crippen molar-refractivity contribution in [3.05, 3.63) is 65.0 Å². The first-order chi connectivity index (χ1) is 14.0. The first-order valence-corrected chi connectivity index (χ1v) is 10.9. The summed E-state index contributed by atoms with van der Waals surface area (Å²) in [6.07, 6.45) is 0. The van der Waals surface area contributed by atoms with Gasteiger partial charge in [-0.25, -0.2) is 8.42 Å². The van der Waals surface area contributed by atoms with E-state index in [1.165, 1.54) is 4.31 Å². The first-order valence-electron chi connectivity index (χ1n) is 9.48. The number of pyridine rings is 1. The molecule has 148 valence electrons. The van der Waals surface area contributed by atoms with Gasteiger partial charge in [-0.15, -0.1) is 0 Å². The number of hydrogen-bond donors (Lipinski definition) is 3. The summed E-state index contributed by atoms with van der Waals surface area (Å²) in [4.78, 5) is 18.9. The Morgan fingerprint density at radius 1 is 0.828 bits per heavy atom. The maximum absolute atomic E-state index is 12.9. The average Bonchev–Trinajstić information content (AvgIpc) is 3.17. The Kier molecular flexibility index (Phi) is 4.27. The van der Waals surface area contributed by atoms with Gasteiger partial charge in [-0.1, -0.05) is 24.3 Å². The summed E-state index contributed by atoms with van der Waals surface area (Å²) in [7, 11) is -3.54. The van der Waals surface area contributed by atoms with Crippen LogP contribution in [-0.2, 0) is 10.0 Å². The van der Waals surface area contributed by atoms with Gasteiger partial charge in [-0.3, -0.25) is 4.79 Å². The van der Waals surface area contributed by atoms with E-state index in [0.29, 0.717) is 43.0 Å². The van der Waals surface area contributed by atoms with E-state index >= 15 is 0 Å². The van der Waals surface area contributed by atoms with Crippen LogP contribution in [0.5, 0.6) is 0 Å². The molecule has 0 unspecified atom stereocenters.